The van der Waals surface area contributed by atoms with E-state index in [1.165, 1.54) is 25.2 Å². The first-order chi connectivity index (χ1) is 9.52. The number of Topliss-reactive ketones (excluding diaryl/α,β-unsaturated/α-hetero) is 1. The molecule has 0 radical (unpaired) electrons. The molecule has 0 saturated carbocycles. The second kappa shape index (κ2) is 5.79. The van der Waals surface area contributed by atoms with Gasteiger partial charge < -0.3 is 9.84 Å². The fourth-order valence-electron chi connectivity index (χ4n) is 1.61. The van der Waals surface area contributed by atoms with Crippen molar-refractivity contribution in [1.29, 1.82) is 0 Å². The molecule has 0 aliphatic carbocycles. The van der Waals surface area contributed by atoms with Gasteiger partial charge in [0.1, 0.15) is 17.0 Å². The first kappa shape index (κ1) is 14.1. The number of para-hydroxylation sites is 1. The second-order valence-corrected chi connectivity index (χ2v) is 5.00. The number of aliphatic hydroxyl groups is 1. The molecule has 0 fully saturated rings. The summed E-state index contributed by atoms with van der Waals surface area (Å²) in [6.45, 7) is 2.70. The van der Waals surface area contributed by atoms with Gasteiger partial charge in [-0.3, -0.25) is 4.79 Å². The molecule has 6 nitrogen and oxygen atoms in total. The largest absolute Gasteiger partial charge is 0.510 e. The Morgan fingerprint density at radius 3 is 2.75 bits per heavy atom. The fourth-order valence-corrected chi connectivity index (χ4v) is 2.41. The van der Waals surface area contributed by atoms with E-state index in [1.54, 1.807) is 7.11 Å². The van der Waals surface area contributed by atoms with Crippen LogP contribution in [0.25, 0.3) is 10.2 Å². The lowest BCUT2D eigenvalue weighted by molar-refractivity contribution is -0.113. The van der Waals surface area contributed by atoms with E-state index in [4.69, 9.17) is 4.74 Å². The molecule has 20 heavy (non-hydrogen) atoms. The number of allylic oxidation sites excluding steroid dienone is 2. The number of azo groups is 1. The number of fused-ring (bicyclic) bond motifs is 1. The molecule has 1 aromatic heterocycles. The molecule has 1 heterocycles. The van der Waals surface area contributed by atoms with Gasteiger partial charge in [-0.1, -0.05) is 17.4 Å². The summed E-state index contributed by atoms with van der Waals surface area (Å²) < 4.78 is 6.12. The average molecular weight is 291 g/mol. The number of ketones is 1. The van der Waals surface area contributed by atoms with Gasteiger partial charge in [0.25, 0.3) is 0 Å². The summed E-state index contributed by atoms with van der Waals surface area (Å²) in [4.78, 5) is 15.6. The van der Waals surface area contributed by atoms with Crippen LogP contribution >= 0.6 is 11.3 Å². The van der Waals surface area contributed by atoms with Crippen LogP contribution in [0.1, 0.15) is 13.8 Å². The van der Waals surface area contributed by atoms with E-state index in [0.717, 1.165) is 4.70 Å². The van der Waals surface area contributed by atoms with Crippen molar-refractivity contribution in [2.75, 3.05) is 7.11 Å². The summed E-state index contributed by atoms with van der Waals surface area (Å²) in [7, 11) is 1.57. The maximum Gasteiger partial charge on any atom is 0.231 e. The molecule has 104 valence electrons. The van der Waals surface area contributed by atoms with Crippen molar-refractivity contribution in [3.63, 3.8) is 0 Å². The number of thiazole rings is 1. The van der Waals surface area contributed by atoms with Gasteiger partial charge in [-0.15, -0.1) is 10.2 Å². The Labute approximate surface area is 119 Å². The molecule has 0 saturated heterocycles. The highest BCUT2D eigenvalue weighted by Gasteiger charge is 2.10. The molecule has 1 aromatic carbocycles. The second-order valence-electron chi connectivity index (χ2n) is 3.99. The van der Waals surface area contributed by atoms with Crippen molar-refractivity contribution in [1.82, 2.24) is 4.98 Å². The quantitative estimate of drug-likeness (QED) is 0.528. The van der Waals surface area contributed by atoms with E-state index in [1.807, 2.05) is 18.2 Å². The van der Waals surface area contributed by atoms with Crippen LogP contribution in [0.4, 0.5) is 5.13 Å². The third-order valence-corrected chi connectivity index (χ3v) is 3.41. The van der Waals surface area contributed by atoms with Crippen molar-refractivity contribution in [3.8, 4) is 5.75 Å². The van der Waals surface area contributed by atoms with Crippen molar-refractivity contribution >= 4 is 32.5 Å². The Balaban J connectivity index is 2.40. The van der Waals surface area contributed by atoms with E-state index < -0.39 is 0 Å². The molecule has 1 N–H and O–H groups in total. The normalized spacial score (nSPS) is 12.8. The Morgan fingerprint density at radius 2 is 2.15 bits per heavy atom. The average Bonchev–Trinajstić information content (AvgIpc) is 2.80. The minimum atomic E-state index is -0.354. The van der Waals surface area contributed by atoms with E-state index in [-0.39, 0.29) is 17.2 Å². The number of benzene rings is 1. The zero-order valence-corrected chi connectivity index (χ0v) is 12.1. The molecule has 7 heteroatoms. The van der Waals surface area contributed by atoms with Crippen LogP contribution in [0.15, 0.2) is 39.9 Å². The number of carbonyl (C=O) groups excluding carboxylic acids is 1. The summed E-state index contributed by atoms with van der Waals surface area (Å²) in [6.07, 6.45) is 0. The van der Waals surface area contributed by atoms with Crippen LogP contribution < -0.4 is 4.74 Å². The minimum Gasteiger partial charge on any atom is -0.510 e. The van der Waals surface area contributed by atoms with E-state index >= 15 is 0 Å². The van der Waals surface area contributed by atoms with Crippen molar-refractivity contribution < 1.29 is 14.6 Å². The van der Waals surface area contributed by atoms with Crippen LogP contribution in [0, 0.1) is 0 Å². The lowest BCUT2D eigenvalue weighted by Crippen LogP contribution is -1.96. The van der Waals surface area contributed by atoms with Crippen molar-refractivity contribution in [2.24, 2.45) is 10.2 Å². The minimum absolute atomic E-state index is 0.0729. The molecule has 0 bridgehead atoms. The molecule has 2 aromatic rings. The molecule has 0 atom stereocenters. The Kier molecular flexibility index (Phi) is 4.09. The summed E-state index contributed by atoms with van der Waals surface area (Å²) in [5, 5.41) is 17.4. The summed E-state index contributed by atoms with van der Waals surface area (Å²) >= 11 is 1.33. The van der Waals surface area contributed by atoms with Crippen LogP contribution in [0.3, 0.4) is 0 Å². The number of ether oxygens (including phenoxy) is 1. The number of methoxy groups -OCH3 is 1. The number of nitrogens with zero attached hydrogens (tertiary/aromatic N) is 3. The third-order valence-electron chi connectivity index (χ3n) is 2.50. The number of carbonyl (C=O) groups is 1. The van der Waals surface area contributed by atoms with Gasteiger partial charge in [-0.25, -0.2) is 4.98 Å². The van der Waals surface area contributed by atoms with E-state index in [0.29, 0.717) is 16.4 Å². The van der Waals surface area contributed by atoms with Gasteiger partial charge in [0.15, 0.2) is 11.5 Å². The number of aliphatic hydroxyl groups excluding tert-OH is 1. The van der Waals surface area contributed by atoms with Gasteiger partial charge in [-0.2, -0.15) is 0 Å². The highest BCUT2D eigenvalue weighted by Crippen LogP contribution is 2.33. The molecule has 2 rings (SSSR count). The van der Waals surface area contributed by atoms with Crippen molar-refractivity contribution in [3.05, 3.63) is 29.7 Å². The molecule has 0 unspecified atom stereocenters. The molecule has 0 spiro atoms. The number of hydrogen-bond donors (Lipinski definition) is 1. The summed E-state index contributed by atoms with van der Waals surface area (Å²) in [5.74, 6) is 0.133. The van der Waals surface area contributed by atoms with Crippen LogP contribution in [-0.2, 0) is 4.79 Å². The summed E-state index contributed by atoms with van der Waals surface area (Å²) in [5.41, 5.74) is 0.624. The van der Waals surface area contributed by atoms with Gasteiger partial charge in [0.05, 0.1) is 11.8 Å². The van der Waals surface area contributed by atoms with E-state index in [2.05, 4.69) is 15.2 Å². The predicted molar refractivity (Wildman–Crippen MR) is 76.7 cm³/mol. The van der Waals surface area contributed by atoms with E-state index in [9.17, 15) is 9.90 Å². The zero-order chi connectivity index (χ0) is 14.7. The maximum atomic E-state index is 11.3. The monoisotopic (exact) mass is 291 g/mol. The number of hydrogen-bond acceptors (Lipinski definition) is 7. The molecular formula is C13H13N3O3S. The molecule has 0 aliphatic rings. The number of aromatic nitrogens is 1. The Morgan fingerprint density at radius 1 is 1.40 bits per heavy atom. The molecular weight excluding hydrogens is 278 g/mol. The highest BCUT2D eigenvalue weighted by molar-refractivity contribution is 7.22. The Bertz CT molecular complexity index is 715. The SMILES string of the molecule is COc1cccc2sc(N=N/C(C(C)=O)=C(/C)O)nc12. The van der Waals surface area contributed by atoms with Crippen LogP contribution in [-0.4, -0.2) is 23.0 Å². The van der Waals surface area contributed by atoms with Crippen molar-refractivity contribution in [2.45, 2.75) is 13.8 Å². The van der Waals surface area contributed by atoms with Crippen LogP contribution in [0.5, 0.6) is 5.75 Å². The van der Waals surface area contributed by atoms with Gasteiger partial charge in [0, 0.05) is 6.92 Å². The lowest BCUT2D eigenvalue weighted by atomic mass is 10.3. The zero-order valence-electron chi connectivity index (χ0n) is 11.2. The van der Waals surface area contributed by atoms with Gasteiger partial charge in [-0.05, 0) is 19.1 Å². The topological polar surface area (TPSA) is 84.1 Å². The smallest absolute Gasteiger partial charge is 0.231 e. The van der Waals surface area contributed by atoms with Gasteiger partial charge in [0.2, 0.25) is 5.13 Å². The maximum absolute atomic E-state index is 11.3. The first-order valence-electron chi connectivity index (χ1n) is 5.79. The Hall–Kier alpha value is -2.28. The number of rotatable bonds is 4. The summed E-state index contributed by atoms with van der Waals surface area (Å²) in [6, 6.07) is 5.56. The third kappa shape index (κ3) is 2.83. The lowest BCUT2D eigenvalue weighted by Gasteiger charge is -1.97. The molecule has 0 aliphatic heterocycles. The van der Waals surface area contributed by atoms with Crippen LogP contribution in [0.2, 0.25) is 0 Å². The first-order valence-corrected chi connectivity index (χ1v) is 6.60. The predicted octanol–water partition coefficient (Wildman–Crippen LogP) is 3.77. The fraction of sp³-hybridized carbons (Fsp3) is 0.231. The molecule has 0 amide bonds. The highest BCUT2D eigenvalue weighted by atomic mass is 32.1. The van der Waals surface area contributed by atoms with Gasteiger partial charge >= 0.3 is 0 Å². The standard InChI is InChI=1S/C13H13N3O3S/c1-7(17)11(8(2)18)15-16-13-14-12-9(19-3)5-4-6-10(12)20-13/h4-6,17H,1-3H3/b11-7-,16-15?.